The number of rotatable bonds is 3. The third kappa shape index (κ3) is 3.72. The number of pyridine rings is 1. The van der Waals surface area contributed by atoms with Gasteiger partial charge in [0.2, 0.25) is 0 Å². The zero-order chi connectivity index (χ0) is 18.7. The van der Waals surface area contributed by atoms with Gasteiger partial charge in [0.25, 0.3) is 11.8 Å². The molecule has 1 saturated heterocycles. The number of carbonyl (C=O) groups excluding carboxylic acids is 2. The van der Waals surface area contributed by atoms with Crippen molar-refractivity contribution in [3.63, 3.8) is 0 Å². The number of nitrogens with zero attached hydrogens (tertiary/aromatic N) is 3. The van der Waals surface area contributed by atoms with E-state index in [1.807, 2.05) is 19.1 Å². The number of hydrogen-bond donors (Lipinski definition) is 1. The van der Waals surface area contributed by atoms with Crippen LogP contribution in [0.25, 0.3) is 0 Å². The summed E-state index contributed by atoms with van der Waals surface area (Å²) >= 11 is 0. The summed E-state index contributed by atoms with van der Waals surface area (Å²) in [6.07, 6.45) is 1.31. The van der Waals surface area contributed by atoms with Crippen LogP contribution in [0, 0.1) is 6.92 Å². The first-order chi connectivity index (χ1) is 12.5. The molecule has 134 valence electrons. The summed E-state index contributed by atoms with van der Waals surface area (Å²) in [5.74, 6) is -1.47. The van der Waals surface area contributed by atoms with Crippen LogP contribution < -0.4 is 0 Å². The number of amides is 2. The van der Waals surface area contributed by atoms with Gasteiger partial charge in [0.1, 0.15) is 5.69 Å². The number of carbonyl (C=O) groups is 3. The first-order valence-electron chi connectivity index (χ1n) is 8.30. The van der Waals surface area contributed by atoms with Crippen LogP contribution in [-0.4, -0.2) is 63.9 Å². The van der Waals surface area contributed by atoms with Crippen LogP contribution in [0.4, 0.5) is 0 Å². The van der Waals surface area contributed by atoms with Gasteiger partial charge in [-0.2, -0.15) is 0 Å². The highest BCUT2D eigenvalue weighted by atomic mass is 16.4. The molecule has 1 aromatic carbocycles. The Bertz CT molecular complexity index is 840. The van der Waals surface area contributed by atoms with Gasteiger partial charge in [0.05, 0.1) is 0 Å². The molecule has 0 radical (unpaired) electrons. The molecule has 7 heteroatoms. The fourth-order valence-electron chi connectivity index (χ4n) is 2.85. The van der Waals surface area contributed by atoms with Crippen molar-refractivity contribution in [2.24, 2.45) is 0 Å². The van der Waals surface area contributed by atoms with Crippen molar-refractivity contribution in [3.05, 3.63) is 65.0 Å². The molecule has 0 atom stereocenters. The minimum Gasteiger partial charge on any atom is -0.477 e. The molecule has 2 heterocycles. The van der Waals surface area contributed by atoms with Crippen LogP contribution >= 0.6 is 0 Å². The second kappa shape index (κ2) is 7.35. The SMILES string of the molecule is Cc1ccc(C(=O)N2CCN(C(=O)c3ccnc(C(=O)O)c3)CC2)cc1. The fourth-order valence-corrected chi connectivity index (χ4v) is 2.85. The van der Waals surface area contributed by atoms with Crippen LogP contribution in [0.2, 0.25) is 0 Å². The quantitative estimate of drug-likeness (QED) is 0.907. The zero-order valence-electron chi connectivity index (χ0n) is 14.4. The van der Waals surface area contributed by atoms with E-state index in [-0.39, 0.29) is 23.1 Å². The van der Waals surface area contributed by atoms with E-state index in [1.54, 1.807) is 21.9 Å². The maximum absolute atomic E-state index is 12.6. The molecule has 0 aliphatic carbocycles. The van der Waals surface area contributed by atoms with E-state index >= 15 is 0 Å². The summed E-state index contributed by atoms with van der Waals surface area (Å²) in [4.78, 5) is 43.1. The highest BCUT2D eigenvalue weighted by Gasteiger charge is 2.26. The molecule has 2 amide bonds. The van der Waals surface area contributed by atoms with Gasteiger partial charge in [-0.05, 0) is 31.2 Å². The Morgan fingerprint density at radius 3 is 1.96 bits per heavy atom. The molecule has 0 unspecified atom stereocenters. The van der Waals surface area contributed by atoms with Gasteiger partial charge in [0.15, 0.2) is 0 Å². The largest absolute Gasteiger partial charge is 0.477 e. The Labute approximate surface area is 150 Å². The second-order valence-electron chi connectivity index (χ2n) is 6.19. The average Bonchev–Trinajstić information content (AvgIpc) is 2.67. The second-order valence-corrected chi connectivity index (χ2v) is 6.19. The van der Waals surface area contributed by atoms with Gasteiger partial charge in [-0.1, -0.05) is 17.7 Å². The molecule has 0 bridgehead atoms. The maximum Gasteiger partial charge on any atom is 0.354 e. The van der Waals surface area contributed by atoms with E-state index < -0.39 is 5.97 Å². The van der Waals surface area contributed by atoms with Crippen LogP contribution in [0.15, 0.2) is 42.6 Å². The lowest BCUT2D eigenvalue weighted by atomic mass is 10.1. The number of aryl methyl sites for hydroxylation is 1. The van der Waals surface area contributed by atoms with Gasteiger partial charge in [-0.15, -0.1) is 0 Å². The zero-order valence-corrected chi connectivity index (χ0v) is 14.4. The Morgan fingerprint density at radius 2 is 1.42 bits per heavy atom. The lowest BCUT2D eigenvalue weighted by molar-refractivity contribution is 0.0535. The van der Waals surface area contributed by atoms with E-state index in [1.165, 1.54) is 18.3 Å². The molecule has 0 spiro atoms. The van der Waals surface area contributed by atoms with E-state index in [9.17, 15) is 14.4 Å². The van der Waals surface area contributed by atoms with Crippen molar-refractivity contribution in [3.8, 4) is 0 Å². The van der Waals surface area contributed by atoms with Crippen LogP contribution in [0.5, 0.6) is 0 Å². The number of carboxylic acid groups (broad SMARTS) is 1. The summed E-state index contributed by atoms with van der Waals surface area (Å²) in [5.41, 5.74) is 1.85. The van der Waals surface area contributed by atoms with E-state index in [2.05, 4.69) is 4.98 Å². The summed E-state index contributed by atoms with van der Waals surface area (Å²) < 4.78 is 0. The summed E-state index contributed by atoms with van der Waals surface area (Å²) in [6.45, 7) is 3.65. The normalized spacial score (nSPS) is 14.2. The van der Waals surface area contributed by atoms with Crippen molar-refractivity contribution in [2.45, 2.75) is 6.92 Å². The van der Waals surface area contributed by atoms with Crippen molar-refractivity contribution in [1.29, 1.82) is 0 Å². The molecule has 3 rings (SSSR count). The highest BCUT2D eigenvalue weighted by molar-refractivity contribution is 5.97. The third-order valence-corrected chi connectivity index (χ3v) is 4.38. The lowest BCUT2D eigenvalue weighted by Gasteiger charge is -2.35. The van der Waals surface area contributed by atoms with E-state index in [0.717, 1.165) is 5.56 Å². The van der Waals surface area contributed by atoms with E-state index in [0.29, 0.717) is 31.7 Å². The molecule has 7 nitrogen and oxygen atoms in total. The van der Waals surface area contributed by atoms with Crippen LogP contribution in [0.1, 0.15) is 36.8 Å². The van der Waals surface area contributed by atoms with Gasteiger partial charge in [0, 0.05) is 43.5 Å². The number of aromatic carboxylic acids is 1. The minimum absolute atomic E-state index is 0.0471. The Kier molecular flexibility index (Phi) is 4.97. The summed E-state index contributed by atoms with van der Waals surface area (Å²) in [6, 6.07) is 10.2. The van der Waals surface area contributed by atoms with Crippen molar-refractivity contribution < 1.29 is 19.5 Å². The first-order valence-corrected chi connectivity index (χ1v) is 8.30. The highest BCUT2D eigenvalue weighted by Crippen LogP contribution is 2.13. The summed E-state index contributed by atoms with van der Waals surface area (Å²) in [7, 11) is 0. The number of hydrogen-bond acceptors (Lipinski definition) is 4. The number of aromatic nitrogens is 1. The molecular weight excluding hydrogens is 334 g/mol. The summed E-state index contributed by atoms with van der Waals surface area (Å²) in [5, 5.41) is 8.99. The lowest BCUT2D eigenvalue weighted by Crippen LogP contribution is -2.50. The maximum atomic E-state index is 12.6. The average molecular weight is 353 g/mol. The van der Waals surface area contributed by atoms with Gasteiger partial charge >= 0.3 is 5.97 Å². The van der Waals surface area contributed by atoms with Crippen LogP contribution in [-0.2, 0) is 0 Å². The third-order valence-electron chi connectivity index (χ3n) is 4.38. The molecule has 1 aliphatic heterocycles. The van der Waals surface area contributed by atoms with Crippen LogP contribution in [0.3, 0.4) is 0 Å². The number of piperazine rings is 1. The smallest absolute Gasteiger partial charge is 0.354 e. The first kappa shape index (κ1) is 17.6. The Balaban J connectivity index is 1.63. The molecular formula is C19H19N3O4. The molecule has 1 fully saturated rings. The predicted molar refractivity (Wildman–Crippen MR) is 94.2 cm³/mol. The van der Waals surface area contributed by atoms with Gasteiger partial charge < -0.3 is 14.9 Å². The molecule has 26 heavy (non-hydrogen) atoms. The standard InChI is InChI=1S/C19H19N3O4/c1-13-2-4-14(5-3-13)17(23)21-8-10-22(11-9-21)18(24)15-6-7-20-16(12-15)19(25)26/h2-7,12H,8-11H2,1H3,(H,25,26). The molecule has 1 aromatic heterocycles. The van der Waals surface area contributed by atoms with Crippen molar-refractivity contribution in [2.75, 3.05) is 26.2 Å². The van der Waals surface area contributed by atoms with Crippen molar-refractivity contribution in [1.82, 2.24) is 14.8 Å². The van der Waals surface area contributed by atoms with Crippen molar-refractivity contribution >= 4 is 17.8 Å². The Morgan fingerprint density at radius 1 is 0.885 bits per heavy atom. The minimum atomic E-state index is -1.17. The van der Waals surface area contributed by atoms with Gasteiger partial charge in [-0.3, -0.25) is 9.59 Å². The monoisotopic (exact) mass is 353 g/mol. The molecule has 1 N–H and O–H groups in total. The molecule has 1 aliphatic rings. The molecule has 0 saturated carbocycles. The number of carboxylic acids is 1. The topological polar surface area (TPSA) is 90.8 Å². The van der Waals surface area contributed by atoms with Gasteiger partial charge in [-0.25, -0.2) is 9.78 Å². The molecule has 2 aromatic rings. The Hall–Kier alpha value is -3.22. The van der Waals surface area contributed by atoms with E-state index in [4.69, 9.17) is 5.11 Å². The predicted octanol–water partition coefficient (Wildman–Crippen LogP) is 1.69. The number of benzene rings is 1. The fraction of sp³-hybridized carbons (Fsp3) is 0.263.